The van der Waals surface area contributed by atoms with Crippen molar-refractivity contribution in [1.29, 1.82) is 0 Å². The Morgan fingerprint density at radius 1 is 1.32 bits per heavy atom. The summed E-state index contributed by atoms with van der Waals surface area (Å²) in [6, 6.07) is 0. The fourth-order valence-electron chi connectivity index (χ4n) is 3.25. The van der Waals surface area contributed by atoms with E-state index >= 15 is 0 Å². The number of nitrogens with zero attached hydrogens (tertiary/aromatic N) is 2. The highest BCUT2D eigenvalue weighted by atomic mass is 16.3. The summed E-state index contributed by atoms with van der Waals surface area (Å²) < 4.78 is 0. The molecule has 3 aliphatic rings. The van der Waals surface area contributed by atoms with Gasteiger partial charge >= 0.3 is 0 Å². The first-order valence-electron chi connectivity index (χ1n) is 7.23. The number of piperazine rings is 1. The van der Waals surface area contributed by atoms with Crippen LogP contribution in [0.15, 0.2) is 22.8 Å². The molecule has 1 N–H and O–H groups in total. The number of aliphatic hydroxyl groups excluding tert-OH is 1. The van der Waals surface area contributed by atoms with E-state index in [1.54, 1.807) is 0 Å². The molecule has 1 atom stereocenters. The van der Waals surface area contributed by atoms with Gasteiger partial charge in [0.15, 0.2) is 0 Å². The van der Waals surface area contributed by atoms with Gasteiger partial charge in [-0.1, -0.05) is 0 Å². The molecule has 1 amide bonds. The molecular formula is C15H22N2O2. The first kappa shape index (κ1) is 12.9. The van der Waals surface area contributed by atoms with Gasteiger partial charge in [0, 0.05) is 38.2 Å². The quantitative estimate of drug-likeness (QED) is 0.764. The molecule has 0 radical (unpaired) electrons. The highest BCUT2D eigenvalue weighted by molar-refractivity contribution is 5.95. The number of rotatable bonds is 1. The Hall–Kier alpha value is -1.13. The van der Waals surface area contributed by atoms with Gasteiger partial charge in [0.1, 0.15) is 0 Å². The molecule has 1 fully saturated rings. The first-order chi connectivity index (χ1) is 9.15. The fourth-order valence-corrected chi connectivity index (χ4v) is 3.25. The van der Waals surface area contributed by atoms with Crippen LogP contribution in [0.5, 0.6) is 0 Å². The molecule has 0 bridgehead atoms. The van der Waals surface area contributed by atoms with Crippen molar-refractivity contribution in [3.63, 3.8) is 0 Å². The summed E-state index contributed by atoms with van der Waals surface area (Å²) in [6.07, 6.45) is 5.29. The minimum Gasteiger partial charge on any atom is -0.389 e. The number of aliphatic hydroxyl groups is 1. The van der Waals surface area contributed by atoms with E-state index < -0.39 is 0 Å². The van der Waals surface area contributed by atoms with E-state index in [2.05, 4.69) is 11.9 Å². The minimum absolute atomic E-state index is 0.176. The predicted molar refractivity (Wildman–Crippen MR) is 73.7 cm³/mol. The van der Waals surface area contributed by atoms with Crippen LogP contribution >= 0.6 is 0 Å². The molecule has 4 nitrogen and oxygen atoms in total. The lowest BCUT2D eigenvalue weighted by Gasteiger charge is -2.32. The Labute approximate surface area is 114 Å². The van der Waals surface area contributed by atoms with Crippen LogP contribution in [-0.2, 0) is 4.79 Å². The molecule has 3 rings (SSSR count). The first-order valence-corrected chi connectivity index (χ1v) is 7.23. The molecule has 4 heteroatoms. The van der Waals surface area contributed by atoms with Gasteiger partial charge in [0.05, 0.1) is 6.10 Å². The standard InChI is InChI=1S/C15H22N2O2/c1-16-5-7-17(8-6-16)15(19)12-9-11-3-2-4-14(18)13(11)10-12/h9,14,18H,2-8,10H2,1H3. The molecule has 0 aromatic carbocycles. The van der Waals surface area contributed by atoms with Gasteiger partial charge in [0.25, 0.3) is 0 Å². The molecule has 1 heterocycles. The summed E-state index contributed by atoms with van der Waals surface area (Å²) in [5, 5.41) is 10.0. The maximum atomic E-state index is 12.5. The lowest BCUT2D eigenvalue weighted by atomic mass is 9.91. The Morgan fingerprint density at radius 2 is 2.05 bits per heavy atom. The normalized spacial score (nSPS) is 28.4. The average Bonchev–Trinajstić information content (AvgIpc) is 2.84. The topological polar surface area (TPSA) is 43.8 Å². The Kier molecular flexibility index (Phi) is 3.46. The Bertz CT molecular complexity index is 445. The van der Waals surface area contributed by atoms with Crippen LogP contribution in [0.25, 0.3) is 0 Å². The van der Waals surface area contributed by atoms with Gasteiger partial charge in [-0.15, -0.1) is 0 Å². The number of carbonyl (C=O) groups excluding carboxylic acids is 1. The van der Waals surface area contributed by atoms with Crippen molar-refractivity contribution in [1.82, 2.24) is 9.80 Å². The number of likely N-dealkylation sites (N-methyl/N-ethyl adjacent to an activating group) is 1. The average molecular weight is 262 g/mol. The third kappa shape index (κ3) is 2.47. The molecular weight excluding hydrogens is 240 g/mol. The molecule has 0 spiro atoms. The lowest BCUT2D eigenvalue weighted by molar-refractivity contribution is -0.128. The second-order valence-electron chi connectivity index (χ2n) is 5.90. The maximum absolute atomic E-state index is 12.5. The zero-order valence-electron chi connectivity index (χ0n) is 11.6. The largest absolute Gasteiger partial charge is 0.389 e. The summed E-state index contributed by atoms with van der Waals surface area (Å²) >= 11 is 0. The third-order valence-electron chi connectivity index (χ3n) is 4.53. The van der Waals surface area contributed by atoms with Crippen LogP contribution < -0.4 is 0 Å². The number of hydrogen-bond acceptors (Lipinski definition) is 3. The lowest BCUT2D eigenvalue weighted by Crippen LogP contribution is -2.47. The van der Waals surface area contributed by atoms with Gasteiger partial charge < -0.3 is 14.9 Å². The Balaban J connectivity index is 1.67. The second kappa shape index (κ2) is 5.10. The van der Waals surface area contributed by atoms with Crippen molar-refractivity contribution in [2.24, 2.45) is 0 Å². The van der Waals surface area contributed by atoms with Crippen LogP contribution in [0, 0.1) is 0 Å². The summed E-state index contributed by atoms with van der Waals surface area (Å²) in [7, 11) is 2.09. The zero-order valence-corrected chi connectivity index (χ0v) is 11.6. The van der Waals surface area contributed by atoms with Gasteiger partial charge in [-0.05, 0) is 43.5 Å². The van der Waals surface area contributed by atoms with Crippen LogP contribution in [-0.4, -0.2) is 60.1 Å². The summed E-state index contributed by atoms with van der Waals surface area (Å²) in [5.41, 5.74) is 3.20. The zero-order chi connectivity index (χ0) is 13.4. The molecule has 104 valence electrons. The van der Waals surface area contributed by atoms with Gasteiger partial charge in [-0.2, -0.15) is 0 Å². The van der Waals surface area contributed by atoms with E-state index in [1.165, 1.54) is 5.57 Å². The van der Waals surface area contributed by atoms with E-state index in [9.17, 15) is 9.90 Å². The second-order valence-corrected chi connectivity index (χ2v) is 5.90. The molecule has 2 aliphatic carbocycles. The molecule has 1 unspecified atom stereocenters. The summed E-state index contributed by atoms with van der Waals surface area (Å²) in [5.74, 6) is 0.176. The fraction of sp³-hybridized carbons (Fsp3) is 0.667. The van der Waals surface area contributed by atoms with Crippen LogP contribution in [0.1, 0.15) is 25.7 Å². The van der Waals surface area contributed by atoms with Crippen LogP contribution in [0.3, 0.4) is 0 Å². The van der Waals surface area contributed by atoms with Crippen molar-refractivity contribution in [3.05, 3.63) is 22.8 Å². The summed E-state index contributed by atoms with van der Waals surface area (Å²) in [4.78, 5) is 16.7. The maximum Gasteiger partial charge on any atom is 0.250 e. The molecule has 0 saturated carbocycles. The minimum atomic E-state index is -0.321. The highest BCUT2D eigenvalue weighted by Crippen LogP contribution is 2.36. The predicted octanol–water partition coefficient (Wildman–Crippen LogP) is 0.932. The van der Waals surface area contributed by atoms with E-state index in [1.807, 2.05) is 11.0 Å². The monoisotopic (exact) mass is 262 g/mol. The van der Waals surface area contributed by atoms with Crippen LogP contribution in [0.4, 0.5) is 0 Å². The van der Waals surface area contributed by atoms with E-state index in [4.69, 9.17) is 0 Å². The highest BCUT2D eigenvalue weighted by Gasteiger charge is 2.30. The van der Waals surface area contributed by atoms with Crippen molar-refractivity contribution in [2.75, 3.05) is 33.2 Å². The van der Waals surface area contributed by atoms with E-state index in [0.29, 0.717) is 6.42 Å². The van der Waals surface area contributed by atoms with Crippen molar-refractivity contribution in [2.45, 2.75) is 31.8 Å². The van der Waals surface area contributed by atoms with E-state index in [-0.39, 0.29) is 12.0 Å². The van der Waals surface area contributed by atoms with Crippen molar-refractivity contribution < 1.29 is 9.90 Å². The third-order valence-corrected chi connectivity index (χ3v) is 4.53. The molecule has 0 aromatic heterocycles. The summed E-state index contributed by atoms with van der Waals surface area (Å²) in [6.45, 7) is 3.55. The Morgan fingerprint density at radius 3 is 2.74 bits per heavy atom. The van der Waals surface area contributed by atoms with Crippen molar-refractivity contribution >= 4 is 5.91 Å². The smallest absolute Gasteiger partial charge is 0.250 e. The van der Waals surface area contributed by atoms with Gasteiger partial charge in [-0.25, -0.2) is 0 Å². The number of hydrogen-bond donors (Lipinski definition) is 1. The molecule has 0 aromatic rings. The molecule has 1 aliphatic heterocycles. The molecule has 19 heavy (non-hydrogen) atoms. The van der Waals surface area contributed by atoms with Gasteiger partial charge in [-0.3, -0.25) is 4.79 Å². The van der Waals surface area contributed by atoms with E-state index in [0.717, 1.165) is 56.6 Å². The van der Waals surface area contributed by atoms with Gasteiger partial charge in [0.2, 0.25) is 5.91 Å². The number of allylic oxidation sites excluding steroid dienone is 2. The molecule has 1 saturated heterocycles. The SMILES string of the molecule is CN1CCN(C(=O)C2=CC3=C(C2)C(O)CCC3)CC1. The number of amides is 1. The number of carbonyl (C=O) groups is 1. The van der Waals surface area contributed by atoms with Crippen LogP contribution in [0.2, 0.25) is 0 Å². The van der Waals surface area contributed by atoms with Crippen molar-refractivity contribution in [3.8, 4) is 0 Å².